The lowest BCUT2D eigenvalue weighted by molar-refractivity contribution is -0.153. The van der Waals surface area contributed by atoms with Crippen molar-refractivity contribution in [1.29, 1.82) is 0 Å². The van der Waals surface area contributed by atoms with E-state index in [0.29, 0.717) is 6.54 Å². The van der Waals surface area contributed by atoms with Crippen LogP contribution in [0.1, 0.15) is 18.4 Å². The Morgan fingerprint density at radius 3 is 2.62 bits per heavy atom. The predicted molar refractivity (Wildman–Crippen MR) is 70.9 cm³/mol. The second-order valence-electron chi connectivity index (χ2n) is 4.91. The van der Waals surface area contributed by atoms with Crippen molar-refractivity contribution in [3.8, 4) is 5.75 Å². The average Bonchev–Trinajstić information content (AvgIpc) is 2.97. The van der Waals surface area contributed by atoms with Gasteiger partial charge in [0.1, 0.15) is 5.75 Å². The van der Waals surface area contributed by atoms with E-state index in [4.69, 9.17) is 0 Å². The summed E-state index contributed by atoms with van der Waals surface area (Å²) >= 11 is 0. The fourth-order valence-corrected chi connectivity index (χ4v) is 2.09. The summed E-state index contributed by atoms with van der Waals surface area (Å²) in [6, 6.07) is 6.05. The summed E-state index contributed by atoms with van der Waals surface area (Å²) in [6.45, 7) is -0.115. The zero-order valence-electron chi connectivity index (χ0n) is 11.4. The third-order valence-electron chi connectivity index (χ3n) is 3.17. The summed E-state index contributed by atoms with van der Waals surface area (Å²) in [5.74, 6) is 0.102. The average molecular weight is 302 g/mol. The van der Waals surface area contributed by atoms with Crippen LogP contribution in [0.4, 0.5) is 13.2 Å². The summed E-state index contributed by atoms with van der Waals surface area (Å²) in [5.41, 5.74) is 0.806. The highest BCUT2D eigenvalue weighted by atomic mass is 19.4. The van der Waals surface area contributed by atoms with Crippen molar-refractivity contribution in [2.24, 2.45) is 0 Å². The number of carbonyl (C=O) groups excluding carboxylic acids is 1. The van der Waals surface area contributed by atoms with E-state index >= 15 is 0 Å². The van der Waals surface area contributed by atoms with Crippen molar-refractivity contribution in [1.82, 2.24) is 10.6 Å². The topological polar surface area (TPSA) is 50.4 Å². The van der Waals surface area contributed by atoms with E-state index in [1.165, 1.54) is 12.1 Å². The van der Waals surface area contributed by atoms with Gasteiger partial charge in [0.25, 0.3) is 0 Å². The van der Waals surface area contributed by atoms with Crippen LogP contribution in [0, 0.1) is 0 Å². The standard InChI is InChI=1S/C14H17F3N2O2/c15-14(16,17)9-21-11-5-3-10(4-6-11)8-19-13(20)12-2-1-7-18-12/h3-6,12,18H,1-2,7-9H2,(H,19,20)/t12-/m1/s1. The second kappa shape index (κ2) is 6.80. The van der Waals surface area contributed by atoms with Gasteiger partial charge in [-0.15, -0.1) is 0 Å². The van der Waals surface area contributed by atoms with Gasteiger partial charge in [-0.05, 0) is 37.1 Å². The molecule has 0 spiro atoms. The Morgan fingerprint density at radius 1 is 1.33 bits per heavy atom. The Hall–Kier alpha value is -1.76. The van der Waals surface area contributed by atoms with Crippen molar-refractivity contribution in [2.45, 2.75) is 31.6 Å². The number of nitrogens with one attached hydrogen (secondary N) is 2. The van der Waals surface area contributed by atoms with Crippen LogP contribution in [-0.4, -0.2) is 31.3 Å². The molecule has 0 bridgehead atoms. The van der Waals surface area contributed by atoms with Gasteiger partial charge in [-0.2, -0.15) is 13.2 Å². The van der Waals surface area contributed by atoms with Crippen molar-refractivity contribution in [3.63, 3.8) is 0 Å². The zero-order chi connectivity index (χ0) is 15.3. The lowest BCUT2D eigenvalue weighted by Gasteiger charge is -2.12. The highest BCUT2D eigenvalue weighted by Gasteiger charge is 2.28. The molecule has 7 heteroatoms. The molecule has 1 saturated heterocycles. The van der Waals surface area contributed by atoms with Crippen LogP contribution >= 0.6 is 0 Å². The molecule has 1 aromatic carbocycles. The largest absolute Gasteiger partial charge is 0.484 e. The first-order chi connectivity index (χ1) is 9.94. The number of rotatable bonds is 5. The van der Waals surface area contributed by atoms with Gasteiger partial charge in [0.05, 0.1) is 6.04 Å². The van der Waals surface area contributed by atoms with Crippen LogP contribution in [-0.2, 0) is 11.3 Å². The Balaban J connectivity index is 1.78. The van der Waals surface area contributed by atoms with Gasteiger partial charge in [0.15, 0.2) is 6.61 Å². The van der Waals surface area contributed by atoms with Gasteiger partial charge in [-0.25, -0.2) is 0 Å². The molecule has 0 aromatic heterocycles. The quantitative estimate of drug-likeness (QED) is 0.874. The van der Waals surface area contributed by atoms with E-state index in [2.05, 4.69) is 15.4 Å². The van der Waals surface area contributed by atoms with Gasteiger partial charge < -0.3 is 15.4 Å². The fourth-order valence-electron chi connectivity index (χ4n) is 2.09. The molecule has 2 rings (SSSR count). The fraction of sp³-hybridized carbons (Fsp3) is 0.500. The molecule has 1 aromatic rings. The van der Waals surface area contributed by atoms with E-state index in [-0.39, 0.29) is 17.7 Å². The number of hydrogen-bond acceptors (Lipinski definition) is 3. The normalized spacial score (nSPS) is 18.5. The molecule has 0 radical (unpaired) electrons. The van der Waals surface area contributed by atoms with Crippen LogP contribution in [0.3, 0.4) is 0 Å². The van der Waals surface area contributed by atoms with Gasteiger partial charge in [0.2, 0.25) is 5.91 Å². The predicted octanol–water partition coefficient (Wildman–Crippen LogP) is 2.00. The van der Waals surface area contributed by atoms with Gasteiger partial charge in [-0.1, -0.05) is 12.1 Å². The molecule has 1 heterocycles. The van der Waals surface area contributed by atoms with Gasteiger partial charge in [-0.3, -0.25) is 4.79 Å². The summed E-state index contributed by atoms with van der Waals surface area (Å²) in [5, 5.41) is 5.89. The number of benzene rings is 1. The van der Waals surface area contributed by atoms with E-state index in [0.717, 1.165) is 24.9 Å². The van der Waals surface area contributed by atoms with Crippen LogP contribution in [0.25, 0.3) is 0 Å². The third-order valence-corrected chi connectivity index (χ3v) is 3.17. The Kier molecular flexibility index (Phi) is 5.06. The van der Waals surface area contributed by atoms with E-state index in [9.17, 15) is 18.0 Å². The van der Waals surface area contributed by atoms with Crippen LogP contribution in [0.15, 0.2) is 24.3 Å². The van der Waals surface area contributed by atoms with E-state index in [1.54, 1.807) is 12.1 Å². The molecule has 0 saturated carbocycles. The monoisotopic (exact) mass is 302 g/mol. The van der Waals surface area contributed by atoms with E-state index < -0.39 is 12.8 Å². The van der Waals surface area contributed by atoms with E-state index in [1.807, 2.05) is 0 Å². The Labute approximate surface area is 120 Å². The van der Waals surface area contributed by atoms with Crippen LogP contribution in [0.5, 0.6) is 5.75 Å². The molecule has 2 N–H and O–H groups in total. The first-order valence-electron chi connectivity index (χ1n) is 6.74. The second-order valence-corrected chi connectivity index (χ2v) is 4.91. The first kappa shape index (κ1) is 15.6. The molecular formula is C14H17F3N2O2. The molecular weight excluding hydrogens is 285 g/mol. The minimum atomic E-state index is -4.35. The summed E-state index contributed by atoms with van der Waals surface area (Å²) in [7, 11) is 0. The number of halogens is 3. The molecule has 1 fully saturated rings. The summed E-state index contributed by atoms with van der Waals surface area (Å²) in [6.07, 6.45) is -2.53. The Morgan fingerprint density at radius 2 is 2.05 bits per heavy atom. The number of carbonyl (C=O) groups is 1. The van der Waals surface area contributed by atoms with Gasteiger partial charge >= 0.3 is 6.18 Å². The van der Waals surface area contributed by atoms with Crippen molar-refractivity contribution in [3.05, 3.63) is 29.8 Å². The zero-order valence-corrected chi connectivity index (χ0v) is 11.4. The number of hydrogen-bond donors (Lipinski definition) is 2. The molecule has 1 atom stereocenters. The molecule has 1 aliphatic heterocycles. The molecule has 116 valence electrons. The molecule has 0 unspecified atom stereocenters. The first-order valence-corrected chi connectivity index (χ1v) is 6.74. The maximum atomic E-state index is 12.0. The minimum Gasteiger partial charge on any atom is -0.484 e. The highest BCUT2D eigenvalue weighted by Crippen LogP contribution is 2.18. The van der Waals surface area contributed by atoms with Crippen LogP contribution in [0.2, 0.25) is 0 Å². The summed E-state index contributed by atoms with van der Waals surface area (Å²) < 4.78 is 40.6. The lowest BCUT2D eigenvalue weighted by Crippen LogP contribution is -2.39. The number of amides is 1. The van der Waals surface area contributed by atoms with Crippen LogP contribution < -0.4 is 15.4 Å². The maximum absolute atomic E-state index is 12.0. The molecule has 0 aliphatic carbocycles. The molecule has 1 aliphatic rings. The number of ether oxygens (including phenoxy) is 1. The van der Waals surface area contributed by atoms with Crippen molar-refractivity contribution in [2.75, 3.05) is 13.2 Å². The molecule has 4 nitrogen and oxygen atoms in total. The smallest absolute Gasteiger partial charge is 0.422 e. The Bertz CT molecular complexity index is 468. The number of alkyl halides is 3. The van der Waals surface area contributed by atoms with Crippen molar-refractivity contribution < 1.29 is 22.7 Å². The lowest BCUT2D eigenvalue weighted by atomic mass is 10.2. The summed E-state index contributed by atoms with van der Waals surface area (Å²) in [4.78, 5) is 11.8. The van der Waals surface area contributed by atoms with Gasteiger partial charge in [0, 0.05) is 6.54 Å². The molecule has 1 amide bonds. The highest BCUT2D eigenvalue weighted by molar-refractivity contribution is 5.81. The third kappa shape index (κ3) is 5.26. The SMILES string of the molecule is O=C(NCc1ccc(OCC(F)(F)F)cc1)[C@H]1CCCN1. The molecule has 21 heavy (non-hydrogen) atoms. The minimum absolute atomic E-state index is 0.0510. The van der Waals surface area contributed by atoms with Crippen molar-refractivity contribution >= 4 is 5.91 Å². The maximum Gasteiger partial charge on any atom is 0.422 e.